The van der Waals surface area contributed by atoms with Crippen molar-refractivity contribution in [1.29, 1.82) is 0 Å². The van der Waals surface area contributed by atoms with Crippen molar-refractivity contribution in [3.63, 3.8) is 0 Å². The van der Waals surface area contributed by atoms with Gasteiger partial charge in [-0.25, -0.2) is 4.79 Å². The Hall–Kier alpha value is -3.10. The summed E-state index contributed by atoms with van der Waals surface area (Å²) >= 11 is 0. The molecule has 2 aromatic carbocycles. The van der Waals surface area contributed by atoms with Gasteiger partial charge in [-0.05, 0) is 55.9 Å². The Kier molecular flexibility index (Phi) is 9.58. The van der Waals surface area contributed by atoms with E-state index < -0.39 is 0 Å². The summed E-state index contributed by atoms with van der Waals surface area (Å²) in [6, 6.07) is 16.0. The monoisotopic (exact) mass is 493 g/mol. The Morgan fingerprint density at radius 2 is 1.72 bits per heavy atom. The number of nitrogens with one attached hydrogen (secondary N) is 3. The van der Waals surface area contributed by atoms with Gasteiger partial charge in [0.05, 0.1) is 18.8 Å². The predicted molar refractivity (Wildman–Crippen MR) is 144 cm³/mol. The van der Waals surface area contributed by atoms with E-state index in [0.29, 0.717) is 30.3 Å². The van der Waals surface area contributed by atoms with E-state index in [1.165, 1.54) is 5.56 Å². The predicted octanol–water partition coefficient (Wildman–Crippen LogP) is 3.35. The molecule has 2 saturated heterocycles. The highest BCUT2D eigenvalue weighted by atomic mass is 16.5. The lowest BCUT2D eigenvalue weighted by molar-refractivity contribution is 0.0383. The second-order valence-corrected chi connectivity index (χ2v) is 9.55. The Morgan fingerprint density at radius 1 is 0.972 bits per heavy atom. The quantitative estimate of drug-likeness (QED) is 0.499. The lowest BCUT2D eigenvalue weighted by atomic mass is 9.89. The molecule has 0 saturated carbocycles. The average molecular weight is 494 g/mol. The van der Waals surface area contributed by atoms with Gasteiger partial charge < -0.3 is 25.6 Å². The number of carbonyl (C=O) groups is 2. The van der Waals surface area contributed by atoms with Gasteiger partial charge in [0.15, 0.2) is 0 Å². The summed E-state index contributed by atoms with van der Waals surface area (Å²) in [5.74, 6) is 0.539. The Balaban J connectivity index is 1.41. The highest BCUT2D eigenvalue weighted by molar-refractivity contribution is 6.02. The van der Waals surface area contributed by atoms with Gasteiger partial charge in [-0.1, -0.05) is 30.3 Å². The van der Waals surface area contributed by atoms with Gasteiger partial charge in [-0.3, -0.25) is 9.69 Å². The zero-order chi connectivity index (χ0) is 25.2. The van der Waals surface area contributed by atoms with E-state index in [2.05, 4.69) is 56.1 Å². The number of hydrogen-bond acceptors (Lipinski definition) is 5. The summed E-state index contributed by atoms with van der Waals surface area (Å²) in [4.78, 5) is 30.0. The van der Waals surface area contributed by atoms with Gasteiger partial charge in [0, 0.05) is 57.2 Å². The number of ether oxygens (including phenoxy) is 1. The molecule has 0 unspecified atom stereocenters. The molecule has 0 radical (unpaired) electrons. The van der Waals surface area contributed by atoms with Crippen LogP contribution in [0.25, 0.3) is 0 Å². The molecule has 4 rings (SSSR count). The first-order valence-electron chi connectivity index (χ1n) is 13.2. The minimum atomic E-state index is -0.273. The fourth-order valence-corrected chi connectivity index (χ4v) is 4.98. The van der Waals surface area contributed by atoms with Crippen LogP contribution in [0.2, 0.25) is 0 Å². The third-order valence-electron chi connectivity index (χ3n) is 6.98. The van der Waals surface area contributed by atoms with Crippen molar-refractivity contribution in [3.05, 3.63) is 59.7 Å². The Morgan fingerprint density at radius 3 is 2.44 bits per heavy atom. The molecule has 0 aliphatic carbocycles. The van der Waals surface area contributed by atoms with Crippen LogP contribution in [0.1, 0.15) is 35.7 Å². The molecular formula is C28H39N5O3. The van der Waals surface area contributed by atoms with Crippen LogP contribution in [-0.2, 0) is 11.2 Å². The third-order valence-corrected chi connectivity index (χ3v) is 6.98. The molecular weight excluding hydrogens is 454 g/mol. The standard InChI is InChI=1S/C28H39N5O3/c1-2-29-28(35)31-24-8-9-26(25(21-24)27(34)30-12-15-32-16-18-36-19-17-32)33-13-10-23(11-14-33)20-22-6-4-3-5-7-22/h3-9,21,23H,2,10-20H2,1H3,(H,30,34)(H2,29,31,35). The van der Waals surface area contributed by atoms with Gasteiger partial charge in [0.2, 0.25) is 0 Å². The van der Waals surface area contributed by atoms with Crippen LogP contribution in [0.5, 0.6) is 0 Å². The maximum Gasteiger partial charge on any atom is 0.319 e. The molecule has 0 bridgehead atoms. The van der Waals surface area contributed by atoms with Crippen molar-refractivity contribution < 1.29 is 14.3 Å². The summed E-state index contributed by atoms with van der Waals surface area (Å²) in [6.07, 6.45) is 3.27. The van der Waals surface area contributed by atoms with Gasteiger partial charge >= 0.3 is 6.03 Å². The zero-order valence-electron chi connectivity index (χ0n) is 21.3. The van der Waals surface area contributed by atoms with Gasteiger partial charge in [-0.2, -0.15) is 0 Å². The highest BCUT2D eigenvalue weighted by Gasteiger charge is 2.24. The summed E-state index contributed by atoms with van der Waals surface area (Å²) < 4.78 is 5.41. The molecule has 2 aromatic rings. The highest BCUT2D eigenvalue weighted by Crippen LogP contribution is 2.30. The van der Waals surface area contributed by atoms with Crippen molar-refractivity contribution in [3.8, 4) is 0 Å². The number of carbonyl (C=O) groups excluding carboxylic acids is 2. The number of hydrogen-bond donors (Lipinski definition) is 3. The van der Waals surface area contributed by atoms with Crippen LogP contribution in [0, 0.1) is 5.92 Å². The first-order valence-corrected chi connectivity index (χ1v) is 13.2. The lowest BCUT2D eigenvalue weighted by Gasteiger charge is -2.35. The molecule has 0 atom stereocenters. The molecule has 0 spiro atoms. The number of amides is 3. The molecule has 36 heavy (non-hydrogen) atoms. The number of morpholine rings is 1. The lowest BCUT2D eigenvalue weighted by Crippen LogP contribution is -2.41. The summed E-state index contributed by atoms with van der Waals surface area (Å²) in [5, 5.41) is 8.68. The molecule has 2 aliphatic rings. The molecule has 8 heteroatoms. The van der Waals surface area contributed by atoms with E-state index >= 15 is 0 Å². The summed E-state index contributed by atoms with van der Waals surface area (Å²) in [6.45, 7) is 8.88. The molecule has 3 N–H and O–H groups in total. The maximum atomic E-state index is 13.3. The van der Waals surface area contributed by atoms with E-state index in [4.69, 9.17) is 4.74 Å². The Bertz CT molecular complexity index is 986. The molecule has 0 aromatic heterocycles. The van der Waals surface area contributed by atoms with E-state index in [1.54, 1.807) is 6.07 Å². The average Bonchev–Trinajstić information content (AvgIpc) is 2.90. The van der Waals surface area contributed by atoms with Gasteiger partial charge in [-0.15, -0.1) is 0 Å². The fraction of sp³-hybridized carbons (Fsp3) is 0.500. The largest absolute Gasteiger partial charge is 0.379 e. The summed E-state index contributed by atoms with van der Waals surface area (Å²) in [5.41, 5.74) is 3.53. The summed E-state index contributed by atoms with van der Waals surface area (Å²) in [7, 11) is 0. The van der Waals surface area contributed by atoms with Crippen LogP contribution in [0.3, 0.4) is 0 Å². The number of urea groups is 1. The van der Waals surface area contributed by atoms with E-state index in [-0.39, 0.29) is 11.9 Å². The molecule has 194 valence electrons. The number of nitrogens with zero attached hydrogens (tertiary/aromatic N) is 2. The first-order chi connectivity index (χ1) is 17.6. The van der Waals surface area contributed by atoms with Gasteiger partial charge in [0.1, 0.15) is 0 Å². The third kappa shape index (κ3) is 7.45. The van der Waals surface area contributed by atoms with Crippen LogP contribution in [0.4, 0.5) is 16.2 Å². The van der Waals surface area contributed by atoms with E-state index in [0.717, 1.165) is 70.9 Å². The zero-order valence-corrected chi connectivity index (χ0v) is 21.3. The second-order valence-electron chi connectivity index (χ2n) is 9.55. The van der Waals surface area contributed by atoms with Crippen LogP contribution in [-0.4, -0.2) is 75.9 Å². The van der Waals surface area contributed by atoms with Crippen molar-refractivity contribution in [1.82, 2.24) is 15.5 Å². The Labute approximate surface area is 214 Å². The van der Waals surface area contributed by atoms with Crippen molar-refractivity contribution in [2.75, 3.05) is 69.2 Å². The van der Waals surface area contributed by atoms with Crippen LogP contribution < -0.4 is 20.9 Å². The molecule has 2 fully saturated rings. The topological polar surface area (TPSA) is 85.9 Å². The molecule has 2 aliphatic heterocycles. The fourth-order valence-electron chi connectivity index (χ4n) is 4.98. The molecule has 8 nitrogen and oxygen atoms in total. The number of benzene rings is 2. The first kappa shape index (κ1) is 26.0. The molecule has 3 amide bonds. The normalized spacial score (nSPS) is 17.0. The SMILES string of the molecule is CCNC(=O)Nc1ccc(N2CCC(Cc3ccccc3)CC2)c(C(=O)NCCN2CCOCC2)c1. The van der Waals surface area contributed by atoms with E-state index in [9.17, 15) is 9.59 Å². The van der Waals surface area contributed by atoms with Crippen LogP contribution >= 0.6 is 0 Å². The minimum Gasteiger partial charge on any atom is -0.379 e. The number of anilines is 2. The van der Waals surface area contributed by atoms with Crippen molar-refractivity contribution in [2.24, 2.45) is 5.92 Å². The van der Waals surface area contributed by atoms with Gasteiger partial charge in [0.25, 0.3) is 5.91 Å². The molecule has 2 heterocycles. The number of piperidine rings is 1. The second kappa shape index (κ2) is 13.3. The number of rotatable bonds is 9. The minimum absolute atomic E-state index is 0.107. The van der Waals surface area contributed by atoms with E-state index in [1.807, 2.05) is 19.1 Å². The van der Waals surface area contributed by atoms with Crippen LogP contribution in [0.15, 0.2) is 48.5 Å². The van der Waals surface area contributed by atoms with Crippen molar-refractivity contribution >= 4 is 23.3 Å². The smallest absolute Gasteiger partial charge is 0.319 e. The maximum absolute atomic E-state index is 13.3. The van der Waals surface area contributed by atoms with Crippen molar-refractivity contribution in [2.45, 2.75) is 26.2 Å².